The van der Waals surface area contributed by atoms with Crippen LogP contribution < -0.4 is 0 Å². The highest BCUT2D eigenvalue weighted by molar-refractivity contribution is 6.21. The largest absolute Gasteiger partial charge is 0.444 e. The standard InChI is InChI=1S/C22H28N2O4/c1-14(11-24-18(25)16-7-5-6-8-17(16)19(24)26)15-9-22(10-15)12-23(13-22)20(27)28-21(2,3)4/h5-8,14-15H,9-13H2,1-4H3/t14-/m0/s1. The monoisotopic (exact) mass is 384 g/mol. The number of fused-ring (bicyclic) bond motifs is 1. The SMILES string of the molecule is C[C@@H](CN1C(=O)c2ccccc2C1=O)C1CC2(C1)CN(C(=O)OC(C)(C)C)C2. The number of benzene rings is 1. The average molecular weight is 384 g/mol. The molecule has 28 heavy (non-hydrogen) atoms. The van der Waals surface area contributed by atoms with Crippen LogP contribution in [0.25, 0.3) is 0 Å². The van der Waals surface area contributed by atoms with Gasteiger partial charge in [-0.15, -0.1) is 0 Å². The molecule has 1 saturated heterocycles. The fourth-order valence-corrected chi connectivity index (χ4v) is 4.77. The Balaban J connectivity index is 1.28. The van der Waals surface area contributed by atoms with E-state index in [4.69, 9.17) is 4.74 Å². The van der Waals surface area contributed by atoms with Crippen LogP contribution in [0.4, 0.5) is 4.79 Å². The number of likely N-dealkylation sites (tertiary alicyclic amines) is 1. The maximum atomic E-state index is 12.5. The zero-order valence-electron chi connectivity index (χ0n) is 17.0. The van der Waals surface area contributed by atoms with Crippen molar-refractivity contribution in [1.29, 1.82) is 0 Å². The first-order valence-corrected chi connectivity index (χ1v) is 10.0. The summed E-state index contributed by atoms with van der Waals surface area (Å²) in [6.07, 6.45) is 1.84. The van der Waals surface area contributed by atoms with Gasteiger partial charge >= 0.3 is 6.09 Å². The van der Waals surface area contributed by atoms with E-state index in [-0.39, 0.29) is 29.2 Å². The summed E-state index contributed by atoms with van der Waals surface area (Å²) in [5.41, 5.74) is 0.759. The van der Waals surface area contributed by atoms with Crippen molar-refractivity contribution in [2.75, 3.05) is 19.6 Å². The molecule has 2 aliphatic heterocycles. The first-order chi connectivity index (χ1) is 13.1. The lowest BCUT2D eigenvalue weighted by Gasteiger charge is -2.60. The molecule has 6 heteroatoms. The Morgan fingerprint density at radius 1 is 1.14 bits per heavy atom. The topological polar surface area (TPSA) is 66.9 Å². The summed E-state index contributed by atoms with van der Waals surface area (Å²) in [5.74, 6) is 0.371. The number of imide groups is 1. The second kappa shape index (κ2) is 6.33. The van der Waals surface area contributed by atoms with Gasteiger partial charge in [-0.3, -0.25) is 14.5 Å². The Bertz CT molecular complexity index is 792. The maximum Gasteiger partial charge on any atom is 0.410 e. The van der Waals surface area contributed by atoms with Gasteiger partial charge < -0.3 is 9.64 Å². The van der Waals surface area contributed by atoms with Gasteiger partial charge in [-0.25, -0.2) is 4.79 Å². The molecule has 4 rings (SSSR count). The molecule has 1 aliphatic carbocycles. The van der Waals surface area contributed by atoms with Crippen molar-refractivity contribution in [3.63, 3.8) is 0 Å². The fraction of sp³-hybridized carbons (Fsp3) is 0.591. The minimum Gasteiger partial charge on any atom is -0.444 e. The van der Waals surface area contributed by atoms with E-state index in [1.807, 2.05) is 20.8 Å². The summed E-state index contributed by atoms with van der Waals surface area (Å²) in [6.45, 7) is 9.70. The number of carbonyl (C=O) groups is 3. The lowest BCUT2D eigenvalue weighted by Crippen LogP contribution is -2.65. The molecule has 0 N–H and O–H groups in total. The normalized spacial score (nSPS) is 22.0. The molecule has 0 aromatic heterocycles. The van der Waals surface area contributed by atoms with Crippen LogP contribution in [0.5, 0.6) is 0 Å². The van der Waals surface area contributed by atoms with Crippen molar-refractivity contribution in [1.82, 2.24) is 9.80 Å². The summed E-state index contributed by atoms with van der Waals surface area (Å²) < 4.78 is 5.43. The molecule has 3 aliphatic rings. The number of amides is 3. The molecule has 1 atom stereocenters. The lowest BCUT2D eigenvalue weighted by molar-refractivity contribution is -0.107. The molecule has 1 aromatic carbocycles. The number of ether oxygens (including phenoxy) is 1. The third kappa shape index (κ3) is 3.19. The van der Waals surface area contributed by atoms with Gasteiger partial charge in [0.1, 0.15) is 5.60 Å². The number of nitrogens with zero attached hydrogens (tertiary/aromatic N) is 2. The predicted molar refractivity (Wildman–Crippen MR) is 104 cm³/mol. The minimum absolute atomic E-state index is 0.179. The zero-order valence-corrected chi connectivity index (χ0v) is 17.0. The third-order valence-corrected chi connectivity index (χ3v) is 6.25. The van der Waals surface area contributed by atoms with Crippen molar-refractivity contribution in [2.45, 2.75) is 46.1 Å². The Morgan fingerprint density at radius 2 is 1.68 bits per heavy atom. The Hall–Kier alpha value is -2.37. The van der Waals surface area contributed by atoms with Gasteiger partial charge in [-0.2, -0.15) is 0 Å². The third-order valence-electron chi connectivity index (χ3n) is 6.25. The van der Waals surface area contributed by atoms with E-state index in [2.05, 4.69) is 6.92 Å². The second-order valence-electron chi connectivity index (χ2n) is 9.75. The van der Waals surface area contributed by atoms with Crippen LogP contribution in [0, 0.1) is 17.3 Å². The van der Waals surface area contributed by atoms with Crippen LogP contribution in [0.1, 0.15) is 61.3 Å². The van der Waals surface area contributed by atoms with Gasteiger partial charge in [-0.05, 0) is 57.6 Å². The van der Waals surface area contributed by atoms with Crippen molar-refractivity contribution < 1.29 is 19.1 Å². The highest BCUT2D eigenvalue weighted by Crippen LogP contribution is 2.54. The number of hydrogen-bond acceptors (Lipinski definition) is 4. The van der Waals surface area contributed by atoms with Crippen molar-refractivity contribution >= 4 is 17.9 Å². The maximum absolute atomic E-state index is 12.5. The molecule has 2 heterocycles. The first-order valence-electron chi connectivity index (χ1n) is 10.0. The molecule has 2 fully saturated rings. The lowest BCUT2D eigenvalue weighted by atomic mass is 9.55. The summed E-state index contributed by atoms with van der Waals surface area (Å²) in [6, 6.07) is 7.02. The van der Waals surface area contributed by atoms with Crippen molar-refractivity contribution in [2.24, 2.45) is 17.3 Å². The van der Waals surface area contributed by atoms with E-state index >= 15 is 0 Å². The van der Waals surface area contributed by atoms with Gasteiger partial charge in [0.25, 0.3) is 11.8 Å². The summed E-state index contributed by atoms with van der Waals surface area (Å²) in [7, 11) is 0. The van der Waals surface area contributed by atoms with Gasteiger partial charge in [0.2, 0.25) is 0 Å². The van der Waals surface area contributed by atoms with Crippen molar-refractivity contribution in [3.05, 3.63) is 35.4 Å². The number of carbonyl (C=O) groups excluding carboxylic acids is 3. The fourth-order valence-electron chi connectivity index (χ4n) is 4.77. The molecule has 1 saturated carbocycles. The van der Waals surface area contributed by atoms with E-state index in [0.29, 0.717) is 23.6 Å². The highest BCUT2D eigenvalue weighted by Gasteiger charge is 2.55. The second-order valence-corrected chi connectivity index (χ2v) is 9.75. The molecule has 6 nitrogen and oxygen atoms in total. The molecular formula is C22H28N2O4. The van der Waals surface area contributed by atoms with Gasteiger partial charge in [0.15, 0.2) is 0 Å². The summed E-state index contributed by atoms with van der Waals surface area (Å²) in [5, 5.41) is 0. The smallest absolute Gasteiger partial charge is 0.410 e. The van der Waals surface area contributed by atoms with Gasteiger partial charge in [-0.1, -0.05) is 19.1 Å². The number of rotatable bonds is 3. The minimum atomic E-state index is -0.469. The molecule has 150 valence electrons. The van der Waals surface area contributed by atoms with E-state index in [0.717, 1.165) is 25.9 Å². The van der Waals surface area contributed by atoms with Crippen LogP contribution in [0.3, 0.4) is 0 Å². The summed E-state index contributed by atoms with van der Waals surface area (Å²) in [4.78, 5) is 40.4. The van der Waals surface area contributed by atoms with E-state index in [1.165, 1.54) is 4.90 Å². The molecule has 1 aromatic rings. The Morgan fingerprint density at radius 3 is 2.18 bits per heavy atom. The molecule has 0 unspecified atom stereocenters. The molecule has 0 radical (unpaired) electrons. The highest BCUT2D eigenvalue weighted by atomic mass is 16.6. The molecule has 0 bridgehead atoms. The van der Waals surface area contributed by atoms with Crippen LogP contribution in [-0.4, -0.2) is 52.9 Å². The van der Waals surface area contributed by atoms with E-state index in [9.17, 15) is 14.4 Å². The van der Waals surface area contributed by atoms with Crippen molar-refractivity contribution in [3.8, 4) is 0 Å². The summed E-state index contributed by atoms with van der Waals surface area (Å²) >= 11 is 0. The zero-order chi connectivity index (χ0) is 20.3. The van der Waals surface area contributed by atoms with Gasteiger partial charge in [0, 0.05) is 25.0 Å². The van der Waals surface area contributed by atoms with Gasteiger partial charge in [0.05, 0.1) is 11.1 Å². The van der Waals surface area contributed by atoms with Crippen LogP contribution in [0.2, 0.25) is 0 Å². The predicted octanol–water partition coefficient (Wildman–Crippen LogP) is 3.57. The van der Waals surface area contributed by atoms with E-state index in [1.54, 1.807) is 29.2 Å². The Labute approximate surface area is 165 Å². The first kappa shape index (κ1) is 19.0. The Kier molecular flexibility index (Phi) is 4.28. The average Bonchev–Trinajstić information content (AvgIpc) is 2.76. The van der Waals surface area contributed by atoms with Crippen LogP contribution in [0.15, 0.2) is 24.3 Å². The number of hydrogen-bond donors (Lipinski definition) is 0. The van der Waals surface area contributed by atoms with Crippen LogP contribution >= 0.6 is 0 Å². The molecular weight excluding hydrogens is 356 g/mol. The van der Waals surface area contributed by atoms with Crippen LogP contribution in [-0.2, 0) is 4.74 Å². The molecule has 1 spiro atoms. The molecule has 3 amide bonds. The quantitative estimate of drug-likeness (QED) is 0.747. The van der Waals surface area contributed by atoms with E-state index < -0.39 is 5.60 Å².